The van der Waals surface area contributed by atoms with Gasteiger partial charge in [0.2, 0.25) is 23.5 Å². The van der Waals surface area contributed by atoms with Gasteiger partial charge in [0, 0.05) is 70.2 Å². The summed E-state index contributed by atoms with van der Waals surface area (Å²) >= 11 is 0. The number of alkyl halides is 6. The summed E-state index contributed by atoms with van der Waals surface area (Å²) in [6, 6.07) is 0.141. The maximum atomic E-state index is 13.8. The molecule has 4 heterocycles. The number of benzene rings is 2. The minimum Gasteiger partial charge on any atom is -0.464 e. The number of aromatic nitrogens is 4. The fourth-order valence-corrected chi connectivity index (χ4v) is 6.99. The second kappa shape index (κ2) is 19.8. The predicted octanol–water partition coefficient (Wildman–Crippen LogP) is 5.87. The lowest BCUT2D eigenvalue weighted by molar-refractivity contribution is -0.149. The quantitative estimate of drug-likeness (QED) is 0.0855. The Labute approximate surface area is 355 Å². The van der Waals surface area contributed by atoms with Crippen LogP contribution < -0.4 is 11.5 Å². The topological polar surface area (TPSA) is 172 Å². The van der Waals surface area contributed by atoms with Gasteiger partial charge in [0.1, 0.15) is 17.3 Å². The summed E-state index contributed by atoms with van der Waals surface area (Å²) in [6.07, 6.45) is -10.8. The standard InChI is InChI=1S/C19H18F6N4O3.C19H18F6N4O2.CH4/c1-32-17(31)16-14-8-28(2-3-29(14)18(27-16)19(23,24)25)15(30)6-10(26)4-9-5-12(21)13(22)7-11(9)20;1-9(30)17-15-8-28(2-3-29(15)18(27-17)19(23,24)25)16(31)6-11(26)4-10-5-13(21)14(22)7-12(10)20;/h5,7,10H,2-4,6,8,26H2,1H3;5,7,11H,2-4,6,8,26H2,1H3;1H4/t10-;11-;/m11./s1. The van der Waals surface area contributed by atoms with Crippen LogP contribution in [0.1, 0.15) is 82.3 Å². The molecule has 4 aromatic rings. The number of carbonyl (C=O) groups is 4. The van der Waals surface area contributed by atoms with E-state index in [1.165, 1.54) is 9.80 Å². The zero-order chi connectivity index (χ0) is 46.9. The van der Waals surface area contributed by atoms with Gasteiger partial charge in [-0.3, -0.25) is 14.4 Å². The maximum absolute atomic E-state index is 13.8. The summed E-state index contributed by atoms with van der Waals surface area (Å²) in [7, 11) is 0.990. The molecule has 2 aromatic heterocycles. The lowest BCUT2D eigenvalue weighted by Gasteiger charge is -2.30. The molecular formula is C39H40F12N8O5. The number of rotatable bonds is 10. The number of imidazole rings is 2. The number of hydrogen-bond acceptors (Lipinski definition) is 9. The van der Waals surface area contributed by atoms with Crippen molar-refractivity contribution in [1.29, 1.82) is 0 Å². The molecule has 0 radical (unpaired) electrons. The van der Waals surface area contributed by atoms with Crippen molar-refractivity contribution in [3.63, 3.8) is 0 Å². The molecule has 4 N–H and O–H groups in total. The third kappa shape index (κ3) is 11.4. The van der Waals surface area contributed by atoms with Gasteiger partial charge in [-0.2, -0.15) is 26.3 Å². The molecule has 0 bridgehead atoms. The molecular weight excluding hydrogens is 888 g/mol. The van der Waals surface area contributed by atoms with Crippen molar-refractivity contribution in [2.45, 2.75) is 90.6 Å². The van der Waals surface area contributed by atoms with E-state index in [9.17, 15) is 71.9 Å². The normalized spacial score (nSPS) is 14.7. The van der Waals surface area contributed by atoms with Crippen LogP contribution in [0.5, 0.6) is 0 Å². The Kier molecular flexibility index (Phi) is 15.7. The molecule has 0 saturated heterocycles. The van der Waals surface area contributed by atoms with Gasteiger partial charge in [0.25, 0.3) is 0 Å². The molecule has 25 heteroatoms. The lowest BCUT2D eigenvalue weighted by atomic mass is 10.0. The first-order valence-electron chi connectivity index (χ1n) is 18.6. The predicted molar refractivity (Wildman–Crippen MR) is 199 cm³/mol. The smallest absolute Gasteiger partial charge is 0.449 e. The van der Waals surface area contributed by atoms with Crippen molar-refractivity contribution in [1.82, 2.24) is 28.9 Å². The van der Waals surface area contributed by atoms with Crippen LogP contribution in [0.4, 0.5) is 52.7 Å². The number of Topliss-reactive ketones (excluding diaryl/α,β-unsaturated/α-hetero) is 1. The Balaban J connectivity index is 0.000000276. The van der Waals surface area contributed by atoms with Gasteiger partial charge in [0.05, 0.1) is 31.6 Å². The van der Waals surface area contributed by atoms with E-state index in [1.54, 1.807) is 0 Å². The van der Waals surface area contributed by atoms with Crippen molar-refractivity contribution in [3.8, 4) is 0 Å². The van der Waals surface area contributed by atoms with Crippen LogP contribution in [-0.4, -0.2) is 84.8 Å². The molecule has 2 aliphatic rings. The number of amides is 2. The molecule has 0 saturated carbocycles. The SMILES string of the molecule is C.CC(=O)c1nc(C(F)(F)F)n2c1CN(C(=O)C[C@H](N)Cc1cc(F)c(F)cc1F)CC2.COC(=O)c1nc(C(F)(F)F)n2c1CN(C(=O)C[C@H](N)Cc1cc(F)c(F)cc1F)CC2. The van der Waals surface area contributed by atoms with Crippen molar-refractivity contribution >= 4 is 23.6 Å². The van der Waals surface area contributed by atoms with Crippen molar-refractivity contribution in [3.05, 3.63) is 105 Å². The van der Waals surface area contributed by atoms with E-state index in [0.29, 0.717) is 24.3 Å². The van der Waals surface area contributed by atoms with Gasteiger partial charge in [-0.1, -0.05) is 7.43 Å². The highest BCUT2D eigenvalue weighted by Gasteiger charge is 2.43. The Bertz CT molecular complexity index is 2420. The second-order valence-corrected chi connectivity index (χ2v) is 14.5. The van der Waals surface area contributed by atoms with E-state index in [2.05, 4.69) is 14.7 Å². The monoisotopic (exact) mass is 928 g/mol. The maximum Gasteiger partial charge on any atom is 0.449 e. The molecule has 2 amide bonds. The second-order valence-electron chi connectivity index (χ2n) is 14.5. The Morgan fingerprint density at radius 1 is 0.625 bits per heavy atom. The first-order chi connectivity index (χ1) is 29.3. The van der Waals surface area contributed by atoms with E-state index < -0.39 is 100 Å². The van der Waals surface area contributed by atoms with Gasteiger partial charge < -0.3 is 35.1 Å². The van der Waals surface area contributed by atoms with Crippen molar-refractivity contribution in [2.75, 3.05) is 20.2 Å². The Hall–Kier alpha value is -5.98. The lowest BCUT2D eigenvalue weighted by Crippen LogP contribution is -2.42. The number of hydrogen-bond donors (Lipinski definition) is 2. The van der Waals surface area contributed by atoms with E-state index in [-0.39, 0.29) is 101 Å². The summed E-state index contributed by atoms with van der Waals surface area (Å²) in [5.41, 5.74) is 10.2. The molecule has 0 fully saturated rings. The number of ketones is 1. The van der Waals surface area contributed by atoms with E-state index in [0.717, 1.165) is 23.2 Å². The van der Waals surface area contributed by atoms with E-state index >= 15 is 0 Å². The Morgan fingerprint density at radius 2 is 0.984 bits per heavy atom. The van der Waals surface area contributed by atoms with Crippen LogP contribution in [0, 0.1) is 34.9 Å². The molecule has 0 spiro atoms. The summed E-state index contributed by atoms with van der Waals surface area (Å²) in [6.45, 7) is -0.221. The van der Waals surface area contributed by atoms with Crippen LogP contribution >= 0.6 is 0 Å². The van der Waals surface area contributed by atoms with Gasteiger partial charge in [-0.05, 0) is 36.1 Å². The summed E-state index contributed by atoms with van der Waals surface area (Å²) in [4.78, 5) is 58.0. The molecule has 13 nitrogen and oxygen atoms in total. The minimum atomic E-state index is -4.82. The number of ether oxygens (including phenoxy) is 1. The third-order valence-electron chi connectivity index (χ3n) is 9.95. The molecule has 2 aromatic carbocycles. The number of nitrogens with two attached hydrogens (primary N) is 2. The first kappa shape index (κ1) is 50.7. The van der Waals surface area contributed by atoms with Crippen LogP contribution in [0.15, 0.2) is 24.3 Å². The zero-order valence-electron chi connectivity index (χ0n) is 32.9. The van der Waals surface area contributed by atoms with E-state index in [1.807, 2.05) is 0 Å². The van der Waals surface area contributed by atoms with Crippen LogP contribution in [0.3, 0.4) is 0 Å². The Morgan fingerprint density at radius 3 is 1.34 bits per heavy atom. The van der Waals surface area contributed by atoms with Gasteiger partial charge >= 0.3 is 18.3 Å². The molecule has 2 atom stereocenters. The molecule has 0 unspecified atom stereocenters. The highest BCUT2D eigenvalue weighted by Crippen LogP contribution is 2.34. The molecule has 0 aliphatic carbocycles. The van der Waals surface area contributed by atoms with Crippen molar-refractivity contribution in [2.24, 2.45) is 11.5 Å². The summed E-state index contributed by atoms with van der Waals surface area (Å²) < 4.78 is 166. The number of nitrogens with zero attached hydrogens (tertiary/aromatic N) is 6. The highest BCUT2D eigenvalue weighted by atomic mass is 19.4. The molecule has 2 aliphatic heterocycles. The minimum absolute atomic E-state index is 0. The zero-order valence-corrected chi connectivity index (χ0v) is 32.9. The van der Waals surface area contributed by atoms with Gasteiger partial charge in [0.15, 0.2) is 34.7 Å². The highest BCUT2D eigenvalue weighted by molar-refractivity contribution is 5.93. The van der Waals surface area contributed by atoms with Gasteiger partial charge in [-0.25, -0.2) is 41.1 Å². The van der Waals surface area contributed by atoms with Gasteiger partial charge in [-0.15, -0.1) is 0 Å². The summed E-state index contributed by atoms with van der Waals surface area (Å²) in [5, 5.41) is 0. The number of carbonyl (C=O) groups excluding carboxylic acids is 4. The molecule has 6 rings (SSSR count). The largest absolute Gasteiger partial charge is 0.464 e. The van der Waals surface area contributed by atoms with E-state index in [4.69, 9.17) is 11.5 Å². The average molecular weight is 929 g/mol. The fourth-order valence-electron chi connectivity index (χ4n) is 6.99. The number of halogens is 12. The number of esters is 1. The average Bonchev–Trinajstić information content (AvgIpc) is 3.78. The summed E-state index contributed by atoms with van der Waals surface area (Å²) in [5.74, 6) is -12.6. The number of methoxy groups -OCH3 is 1. The first-order valence-corrected chi connectivity index (χ1v) is 18.6. The van der Waals surface area contributed by atoms with Crippen LogP contribution in [-0.2, 0) is 65.7 Å². The molecule has 64 heavy (non-hydrogen) atoms. The van der Waals surface area contributed by atoms with Crippen LogP contribution in [0.25, 0.3) is 0 Å². The fraction of sp³-hybridized carbons (Fsp3) is 0.436. The number of fused-ring (bicyclic) bond motifs is 2. The third-order valence-corrected chi connectivity index (χ3v) is 9.95. The van der Waals surface area contributed by atoms with Crippen LogP contribution in [0.2, 0.25) is 0 Å². The van der Waals surface area contributed by atoms with Crippen molar-refractivity contribution < 1.29 is 76.6 Å². The molecule has 350 valence electrons.